The van der Waals surface area contributed by atoms with E-state index in [1.807, 2.05) is 36.4 Å². The van der Waals surface area contributed by atoms with Crippen LogP contribution in [0.25, 0.3) is 10.8 Å². The van der Waals surface area contributed by atoms with Gasteiger partial charge < -0.3 is 0 Å². The van der Waals surface area contributed by atoms with Gasteiger partial charge in [0, 0.05) is 23.8 Å². The molecular formula is C16H18BrNO2S. The molecule has 0 radical (unpaired) electrons. The first-order valence-electron chi connectivity index (χ1n) is 7.17. The number of halogens is 1. The Morgan fingerprint density at radius 2 is 1.71 bits per heavy atom. The molecule has 0 amide bonds. The predicted octanol–water partition coefficient (Wildman–Crippen LogP) is 3.64. The quantitative estimate of drug-likeness (QED) is 0.776. The highest BCUT2D eigenvalue weighted by Crippen LogP contribution is 2.29. The van der Waals surface area contributed by atoms with E-state index in [0.717, 1.165) is 28.9 Å². The lowest BCUT2D eigenvalue weighted by molar-refractivity contribution is 0.292. The van der Waals surface area contributed by atoms with Crippen LogP contribution in [0.15, 0.2) is 47.4 Å². The average molecular weight is 368 g/mol. The number of benzene rings is 2. The molecule has 0 saturated carbocycles. The van der Waals surface area contributed by atoms with Crippen LogP contribution in [0.4, 0.5) is 0 Å². The molecule has 3 nitrogen and oxygen atoms in total. The number of hydrogen-bond acceptors (Lipinski definition) is 2. The predicted molar refractivity (Wildman–Crippen MR) is 89.2 cm³/mol. The summed E-state index contributed by atoms with van der Waals surface area (Å²) in [4.78, 5) is 0.429. The van der Waals surface area contributed by atoms with Gasteiger partial charge in [0.15, 0.2) is 0 Å². The van der Waals surface area contributed by atoms with Gasteiger partial charge in [-0.2, -0.15) is 4.31 Å². The number of nitrogens with zero attached hydrogens (tertiary/aromatic N) is 1. The highest BCUT2D eigenvalue weighted by atomic mass is 79.9. The van der Waals surface area contributed by atoms with Crippen molar-refractivity contribution < 1.29 is 8.42 Å². The molecule has 0 aromatic heterocycles. The van der Waals surface area contributed by atoms with Crippen LogP contribution in [0, 0.1) is 5.92 Å². The average Bonchev–Trinajstić information content (AvgIpc) is 2.54. The first-order chi connectivity index (χ1) is 10.1. The van der Waals surface area contributed by atoms with Crippen molar-refractivity contribution >= 4 is 36.7 Å². The standard InChI is InChI=1S/C16H18BrNO2S/c17-12-13-8-10-18(11-9-13)21(19,20)16-7-3-5-14-4-1-2-6-15(14)16/h1-7,13H,8-12H2. The van der Waals surface area contributed by atoms with E-state index in [4.69, 9.17) is 0 Å². The molecule has 0 N–H and O–H groups in total. The van der Waals surface area contributed by atoms with Crippen molar-refractivity contribution in [3.05, 3.63) is 42.5 Å². The lowest BCUT2D eigenvalue weighted by atomic mass is 10.0. The normalized spacial score (nSPS) is 18.1. The van der Waals surface area contributed by atoms with Crippen LogP contribution in [-0.2, 0) is 10.0 Å². The van der Waals surface area contributed by atoms with E-state index in [-0.39, 0.29) is 0 Å². The third kappa shape index (κ3) is 2.87. The molecule has 3 rings (SSSR count). The van der Waals surface area contributed by atoms with E-state index in [2.05, 4.69) is 15.9 Å². The number of piperidine rings is 1. The smallest absolute Gasteiger partial charge is 0.207 e. The minimum atomic E-state index is -3.40. The molecule has 0 unspecified atom stereocenters. The first-order valence-corrected chi connectivity index (χ1v) is 9.73. The summed E-state index contributed by atoms with van der Waals surface area (Å²) >= 11 is 3.49. The lowest BCUT2D eigenvalue weighted by Gasteiger charge is -2.30. The van der Waals surface area contributed by atoms with Crippen LogP contribution in [0.3, 0.4) is 0 Å². The molecule has 2 aromatic carbocycles. The lowest BCUT2D eigenvalue weighted by Crippen LogP contribution is -2.38. The second-order valence-electron chi connectivity index (χ2n) is 5.48. The molecule has 0 bridgehead atoms. The van der Waals surface area contributed by atoms with Gasteiger partial charge in [0.1, 0.15) is 0 Å². The first kappa shape index (κ1) is 15.0. The SMILES string of the molecule is O=S(=O)(c1cccc2ccccc12)N1CCC(CBr)CC1. The van der Waals surface area contributed by atoms with Gasteiger partial charge in [-0.15, -0.1) is 0 Å². The fraction of sp³-hybridized carbons (Fsp3) is 0.375. The van der Waals surface area contributed by atoms with Gasteiger partial charge in [0.2, 0.25) is 10.0 Å². The summed E-state index contributed by atoms with van der Waals surface area (Å²) in [5.41, 5.74) is 0. The topological polar surface area (TPSA) is 37.4 Å². The summed E-state index contributed by atoms with van der Waals surface area (Å²) in [6, 6.07) is 13.1. The fourth-order valence-electron chi connectivity index (χ4n) is 2.86. The molecule has 112 valence electrons. The van der Waals surface area contributed by atoms with Crippen LogP contribution in [0.2, 0.25) is 0 Å². The maximum absolute atomic E-state index is 12.9. The van der Waals surface area contributed by atoms with Gasteiger partial charge in [-0.3, -0.25) is 0 Å². The Labute approximate surface area is 134 Å². The van der Waals surface area contributed by atoms with Crippen molar-refractivity contribution in [3.8, 4) is 0 Å². The largest absolute Gasteiger partial charge is 0.243 e. The molecule has 0 atom stereocenters. The number of rotatable bonds is 3. The summed E-state index contributed by atoms with van der Waals surface area (Å²) < 4.78 is 27.5. The molecule has 1 saturated heterocycles. The van der Waals surface area contributed by atoms with E-state index in [1.54, 1.807) is 10.4 Å². The fourth-order valence-corrected chi connectivity index (χ4v) is 5.20. The molecule has 2 aromatic rings. The molecule has 1 heterocycles. The molecule has 1 fully saturated rings. The number of alkyl halides is 1. The third-order valence-corrected chi connectivity index (χ3v) is 7.03. The Kier molecular flexibility index (Phi) is 4.33. The van der Waals surface area contributed by atoms with E-state index in [1.165, 1.54) is 0 Å². The number of fused-ring (bicyclic) bond motifs is 1. The summed E-state index contributed by atoms with van der Waals surface area (Å²) in [5.74, 6) is 0.587. The Morgan fingerprint density at radius 3 is 2.43 bits per heavy atom. The molecule has 21 heavy (non-hydrogen) atoms. The monoisotopic (exact) mass is 367 g/mol. The molecule has 0 aliphatic carbocycles. The molecule has 1 aliphatic rings. The highest BCUT2D eigenvalue weighted by molar-refractivity contribution is 9.09. The second kappa shape index (κ2) is 6.07. The molecule has 5 heteroatoms. The van der Waals surface area contributed by atoms with Crippen LogP contribution < -0.4 is 0 Å². The third-order valence-electron chi connectivity index (χ3n) is 4.16. The number of hydrogen-bond donors (Lipinski definition) is 0. The summed E-state index contributed by atoms with van der Waals surface area (Å²) in [7, 11) is -3.40. The Bertz CT molecular complexity index is 732. The van der Waals surface area contributed by atoms with Crippen LogP contribution in [0.1, 0.15) is 12.8 Å². The van der Waals surface area contributed by atoms with E-state index < -0.39 is 10.0 Å². The van der Waals surface area contributed by atoms with Gasteiger partial charge in [-0.25, -0.2) is 8.42 Å². The van der Waals surface area contributed by atoms with Gasteiger partial charge >= 0.3 is 0 Å². The van der Waals surface area contributed by atoms with E-state index in [0.29, 0.717) is 23.9 Å². The van der Waals surface area contributed by atoms with Crippen molar-refractivity contribution in [2.24, 2.45) is 5.92 Å². The van der Waals surface area contributed by atoms with Crippen molar-refractivity contribution in [3.63, 3.8) is 0 Å². The molecular weight excluding hydrogens is 350 g/mol. The van der Waals surface area contributed by atoms with Crippen LogP contribution in [-0.4, -0.2) is 31.1 Å². The van der Waals surface area contributed by atoms with Gasteiger partial charge in [-0.1, -0.05) is 52.3 Å². The summed E-state index contributed by atoms with van der Waals surface area (Å²) in [5, 5.41) is 2.73. The maximum atomic E-state index is 12.9. The second-order valence-corrected chi connectivity index (χ2v) is 8.03. The Morgan fingerprint density at radius 1 is 1.05 bits per heavy atom. The minimum absolute atomic E-state index is 0.429. The Hall–Kier alpha value is -0.910. The van der Waals surface area contributed by atoms with Gasteiger partial charge in [-0.05, 0) is 30.2 Å². The van der Waals surface area contributed by atoms with Crippen molar-refractivity contribution in [1.82, 2.24) is 4.31 Å². The van der Waals surface area contributed by atoms with Crippen molar-refractivity contribution in [2.75, 3.05) is 18.4 Å². The number of sulfonamides is 1. The van der Waals surface area contributed by atoms with Gasteiger partial charge in [0.05, 0.1) is 4.90 Å². The maximum Gasteiger partial charge on any atom is 0.243 e. The molecule has 1 aliphatic heterocycles. The highest BCUT2D eigenvalue weighted by Gasteiger charge is 2.29. The van der Waals surface area contributed by atoms with Crippen LogP contribution >= 0.6 is 15.9 Å². The van der Waals surface area contributed by atoms with E-state index in [9.17, 15) is 8.42 Å². The van der Waals surface area contributed by atoms with Crippen molar-refractivity contribution in [1.29, 1.82) is 0 Å². The van der Waals surface area contributed by atoms with Gasteiger partial charge in [0.25, 0.3) is 0 Å². The summed E-state index contributed by atoms with van der Waals surface area (Å²) in [6.07, 6.45) is 1.85. The zero-order valence-electron chi connectivity index (χ0n) is 11.7. The van der Waals surface area contributed by atoms with E-state index >= 15 is 0 Å². The minimum Gasteiger partial charge on any atom is -0.207 e. The molecule has 0 spiro atoms. The zero-order valence-corrected chi connectivity index (χ0v) is 14.1. The van der Waals surface area contributed by atoms with Crippen LogP contribution in [0.5, 0.6) is 0 Å². The summed E-state index contributed by atoms with van der Waals surface area (Å²) in [6.45, 7) is 1.23. The van der Waals surface area contributed by atoms with Crippen molar-refractivity contribution in [2.45, 2.75) is 17.7 Å². The zero-order chi connectivity index (χ0) is 14.9. The Balaban J connectivity index is 1.98.